The molecular formula is C3H4O3Sb. The third-order valence-electron chi connectivity index (χ3n) is 0.258. The Morgan fingerprint density at radius 2 is 2.57 bits per heavy atom. The fourth-order valence-electron chi connectivity index (χ4n) is 0.0925. The van der Waals surface area contributed by atoms with E-state index in [9.17, 15) is 3.02 Å². The quantitative estimate of drug-likeness (QED) is 0.471. The Balaban J connectivity index is 3.02. The van der Waals surface area contributed by atoms with Gasteiger partial charge in [0.1, 0.15) is 0 Å². The summed E-state index contributed by atoms with van der Waals surface area (Å²) in [6, 6.07) is 0. The van der Waals surface area contributed by atoms with Crippen LogP contribution < -0.4 is 0 Å². The monoisotopic (exact) mass is 209 g/mol. The van der Waals surface area contributed by atoms with Gasteiger partial charge in [-0.2, -0.15) is 0 Å². The van der Waals surface area contributed by atoms with Crippen LogP contribution in [-0.2, 0) is 6.03 Å². The molecule has 0 saturated heterocycles. The van der Waals surface area contributed by atoms with E-state index in [0.717, 1.165) is 0 Å². The Hall–Kier alpha value is 0.0982. The first-order valence-corrected chi connectivity index (χ1v) is 4.72. The maximum atomic E-state index is 9.71. The predicted molar refractivity (Wildman–Crippen MR) is 23.4 cm³/mol. The van der Waals surface area contributed by atoms with Gasteiger partial charge in [0.05, 0.1) is 0 Å². The number of rotatable bonds is 2. The maximum absolute atomic E-state index is 9.71. The van der Waals surface area contributed by atoms with Gasteiger partial charge in [0.25, 0.3) is 0 Å². The first-order chi connectivity index (χ1) is 3.27. The van der Waals surface area contributed by atoms with E-state index in [1.54, 1.807) is 0 Å². The molecule has 0 unspecified atom stereocenters. The van der Waals surface area contributed by atoms with E-state index in [2.05, 4.69) is 15.4 Å². The molecule has 0 aliphatic carbocycles. The molecule has 0 bridgehead atoms. The van der Waals surface area contributed by atoms with Gasteiger partial charge in [0.2, 0.25) is 0 Å². The van der Waals surface area contributed by atoms with Crippen molar-refractivity contribution in [1.29, 1.82) is 0 Å². The summed E-state index contributed by atoms with van der Waals surface area (Å²) in [4.78, 5) is 0. The van der Waals surface area contributed by atoms with Gasteiger partial charge >= 0.3 is 49.4 Å². The van der Waals surface area contributed by atoms with E-state index in [1.165, 1.54) is 0 Å². The van der Waals surface area contributed by atoms with Crippen LogP contribution in [0.2, 0.25) is 0 Å². The van der Waals surface area contributed by atoms with Gasteiger partial charge in [0, 0.05) is 0 Å². The molecule has 3 nitrogen and oxygen atoms in total. The van der Waals surface area contributed by atoms with Crippen molar-refractivity contribution in [2.24, 2.45) is 0 Å². The van der Waals surface area contributed by atoms with Crippen LogP contribution in [0.15, 0.2) is 0 Å². The molecule has 0 atom stereocenters. The SMILES string of the molecule is C#CC[O][Sb](=[O])[OH]. The zero-order valence-electron chi connectivity index (χ0n) is 3.50. The Morgan fingerprint density at radius 1 is 2.00 bits per heavy atom. The summed E-state index contributed by atoms with van der Waals surface area (Å²) in [6.07, 6.45) is 4.68. The summed E-state index contributed by atoms with van der Waals surface area (Å²) in [5.74, 6) is 2.06. The van der Waals surface area contributed by atoms with Gasteiger partial charge in [0.15, 0.2) is 0 Å². The standard InChI is InChI=1S/C3H3O.H2O.O.Sb/c1-2-3-4;;;/h1H,3H2;1H2;;/q-1;;;+2/p-1. The second kappa shape index (κ2) is 4.26. The fraction of sp³-hybridized carbons (Fsp3) is 0.333. The van der Waals surface area contributed by atoms with Gasteiger partial charge in [-0.05, 0) is 0 Å². The zero-order valence-corrected chi connectivity index (χ0v) is 6.05. The second-order valence-electron chi connectivity index (χ2n) is 0.715. The van der Waals surface area contributed by atoms with Crippen LogP contribution in [0.3, 0.4) is 0 Å². The molecule has 0 aliphatic heterocycles. The van der Waals surface area contributed by atoms with Crippen molar-refractivity contribution in [3.05, 3.63) is 0 Å². The molecule has 0 fully saturated rings. The summed E-state index contributed by atoms with van der Waals surface area (Å²) < 4.78 is 21.8. The topological polar surface area (TPSA) is 46.5 Å². The third-order valence-corrected chi connectivity index (χ3v) is 1.26. The van der Waals surface area contributed by atoms with Gasteiger partial charge in [-0.1, -0.05) is 0 Å². The van der Waals surface area contributed by atoms with Crippen molar-refractivity contribution in [2.45, 2.75) is 0 Å². The van der Waals surface area contributed by atoms with E-state index < -0.39 is 21.0 Å². The Morgan fingerprint density at radius 3 is 2.71 bits per heavy atom. The van der Waals surface area contributed by atoms with Crippen molar-refractivity contribution in [1.82, 2.24) is 0 Å². The summed E-state index contributed by atoms with van der Waals surface area (Å²) in [5, 5.41) is 0. The zero-order chi connectivity index (χ0) is 5.70. The molecule has 0 heterocycles. The van der Waals surface area contributed by atoms with Crippen LogP contribution >= 0.6 is 0 Å². The van der Waals surface area contributed by atoms with Crippen molar-refractivity contribution in [3.63, 3.8) is 0 Å². The average molecular weight is 210 g/mol. The molecule has 39 valence electrons. The van der Waals surface area contributed by atoms with Crippen LogP contribution in [0, 0.1) is 12.3 Å². The molecule has 1 radical (unpaired) electrons. The van der Waals surface area contributed by atoms with E-state index in [-0.39, 0.29) is 6.61 Å². The first kappa shape index (κ1) is 7.10. The van der Waals surface area contributed by atoms with Crippen LogP contribution in [0.1, 0.15) is 0 Å². The fourth-order valence-corrected chi connectivity index (χ4v) is 0.620. The van der Waals surface area contributed by atoms with Gasteiger partial charge < -0.3 is 0 Å². The normalized spacial score (nSPS) is 7.43. The summed E-state index contributed by atoms with van der Waals surface area (Å²) in [7, 11) is 0. The minimum atomic E-state index is -3.43. The molecule has 0 saturated carbocycles. The molecular weight excluding hydrogens is 206 g/mol. The van der Waals surface area contributed by atoms with Crippen molar-refractivity contribution < 1.29 is 9.42 Å². The molecule has 0 spiro atoms. The van der Waals surface area contributed by atoms with Crippen LogP contribution in [-0.4, -0.2) is 31.0 Å². The number of hydrogen-bond acceptors (Lipinski definition) is 2. The Labute approximate surface area is 49.8 Å². The number of hydrogen-bond donors (Lipinski definition) is 1. The van der Waals surface area contributed by atoms with Gasteiger partial charge in [-0.3, -0.25) is 0 Å². The third kappa shape index (κ3) is 6.10. The molecule has 4 heteroatoms. The van der Waals surface area contributed by atoms with Gasteiger partial charge in [-0.25, -0.2) is 0 Å². The Kier molecular flexibility index (Phi) is 4.32. The van der Waals surface area contributed by atoms with Crippen molar-refractivity contribution >= 4 is 21.0 Å². The molecule has 0 aromatic rings. The predicted octanol–water partition coefficient (Wildman–Crippen LogP) is -0.956. The molecule has 0 aromatic heterocycles. The molecule has 1 N–H and O–H groups in total. The Bertz CT molecular complexity index is 103. The second-order valence-corrected chi connectivity index (χ2v) is 2.81. The molecule has 7 heavy (non-hydrogen) atoms. The van der Waals surface area contributed by atoms with Gasteiger partial charge in [-0.15, -0.1) is 0 Å². The van der Waals surface area contributed by atoms with E-state index in [4.69, 9.17) is 3.39 Å². The van der Waals surface area contributed by atoms with Crippen LogP contribution in [0.25, 0.3) is 0 Å². The van der Waals surface area contributed by atoms with Crippen LogP contribution in [0.4, 0.5) is 0 Å². The number of terminal acetylenes is 1. The van der Waals surface area contributed by atoms with Crippen LogP contribution in [0.5, 0.6) is 0 Å². The first-order valence-electron chi connectivity index (χ1n) is 1.50. The minimum absolute atomic E-state index is 0.0528. The molecule has 0 rings (SSSR count). The van der Waals surface area contributed by atoms with E-state index in [0.29, 0.717) is 0 Å². The summed E-state index contributed by atoms with van der Waals surface area (Å²) >= 11 is -3.43. The molecule has 0 aliphatic rings. The van der Waals surface area contributed by atoms with E-state index >= 15 is 0 Å². The average Bonchev–Trinajstić information content (AvgIpc) is 1.61. The van der Waals surface area contributed by atoms with Crippen molar-refractivity contribution in [2.75, 3.05) is 6.61 Å². The summed E-state index contributed by atoms with van der Waals surface area (Å²) in [6.45, 7) is -0.0528. The molecule has 0 amide bonds. The van der Waals surface area contributed by atoms with E-state index in [1.807, 2.05) is 0 Å². The molecule has 0 aromatic carbocycles. The summed E-state index contributed by atoms with van der Waals surface area (Å²) in [5.41, 5.74) is 0. The van der Waals surface area contributed by atoms with Crippen molar-refractivity contribution in [3.8, 4) is 12.3 Å².